The fourth-order valence-electron chi connectivity index (χ4n) is 6.03. The third-order valence-corrected chi connectivity index (χ3v) is 14.0. The summed E-state index contributed by atoms with van der Waals surface area (Å²) in [7, 11) is 0. The number of thiophene rings is 5. The summed E-state index contributed by atoms with van der Waals surface area (Å²) < 4.78 is 2.76. The largest absolute Gasteiger partial charge is 0.263 e. The van der Waals surface area contributed by atoms with E-state index in [0.717, 1.165) is 9.75 Å². The van der Waals surface area contributed by atoms with Gasteiger partial charge in [0.05, 0.1) is 22.2 Å². The van der Waals surface area contributed by atoms with E-state index in [4.69, 9.17) is 22.4 Å². The minimum atomic E-state index is 0.0634. The van der Waals surface area contributed by atoms with Gasteiger partial charge in [0.15, 0.2) is 0 Å². The molecule has 0 atom stereocenters. The lowest BCUT2D eigenvalue weighted by Gasteiger charge is -2.35. The van der Waals surface area contributed by atoms with Crippen LogP contribution in [-0.4, -0.2) is 0 Å². The second kappa shape index (κ2) is 10.2. The normalized spacial score (nSPS) is 15.1. The maximum absolute atomic E-state index is 9.15. The van der Waals surface area contributed by atoms with Gasteiger partial charge in [0.2, 0.25) is 0 Å². The minimum absolute atomic E-state index is 0.0634. The SMILES string of the molecule is [C-]#[N+]/C(C#N)=C/c1ccc(-c2cc3c(s2)-c2sc4cc(-c5ccc(C=C(C#N)C#N)s5)sc4c2C32CCCCC2)s1. The van der Waals surface area contributed by atoms with Crippen molar-refractivity contribution in [2.75, 3.05) is 0 Å². The quantitative estimate of drug-likeness (QED) is 0.148. The molecule has 5 aromatic heterocycles. The van der Waals surface area contributed by atoms with Crippen LogP contribution < -0.4 is 0 Å². The molecule has 4 nitrogen and oxygen atoms in total. The highest BCUT2D eigenvalue weighted by Crippen LogP contribution is 2.65. The molecule has 0 aromatic carbocycles. The van der Waals surface area contributed by atoms with Crippen LogP contribution in [0.3, 0.4) is 0 Å². The number of hydrogen-bond donors (Lipinski definition) is 0. The maximum atomic E-state index is 9.15. The van der Waals surface area contributed by atoms with E-state index in [1.807, 2.05) is 64.4 Å². The molecule has 196 valence electrons. The Kier molecular flexibility index (Phi) is 6.52. The van der Waals surface area contributed by atoms with E-state index in [9.17, 15) is 0 Å². The van der Waals surface area contributed by atoms with Crippen LogP contribution in [0.5, 0.6) is 0 Å². The van der Waals surface area contributed by atoms with Gasteiger partial charge in [-0.3, -0.25) is 0 Å². The van der Waals surface area contributed by atoms with Crippen molar-refractivity contribution in [2.24, 2.45) is 0 Å². The fourth-order valence-corrected chi connectivity index (χ4v) is 12.3. The van der Waals surface area contributed by atoms with E-state index >= 15 is 0 Å². The van der Waals surface area contributed by atoms with Crippen molar-refractivity contribution in [3.8, 4) is 47.5 Å². The third-order valence-electron chi connectivity index (χ3n) is 7.78. The zero-order valence-electron chi connectivity index (χ0n) is 21.5. The van der Waals surface area contributed by atoms with Gasteiger partial charge >= 0.3 is 0 Å². The number of nitrogens with zero attached hydrogens (tertiary/aromatic N) is 4. The van der Waals surface area contributed by atoms with Gasteiger partial charge in [-0.1, -0.05) is 19.3 Å². The van der Waals surface area contributed by atoms with Gasteiger partial charge in [-0.2, -0.15) is 10.5 Å². The Morgan fingerprint density at radius 1 is 0.756 bits per heavy atom. The molecule has 0 bridgehead atoms. The summed E-state index contributed by atoms with van der Waals surface area (Å²) in [4.78, 5) is 12.9. The van der Waals surface area contributed by atoms with Crippen molar-refractivity contribution in [3.05, 3.63) is 80.0 Å². The topological polar surface area (TPSA) is 75.7 Å². The average Bonchev–Trinajstić information content (AvgIpc) is 3.82. The zero-order valence-corrected chi connectivity index (χ0v) is 25.6. The third kappa shape index (κ3) is 4.22. The summed E-state index contributed by atoms with van der Waals surface area (Å²) in [5, 5.41) is 27.4. The van der Waals surface area contributed by atoms with Crippen LogP contribution in [0.2, 0.25) is 0 Å². The highest BCUT2D eigenvalue weighted by molar-refractivity contribution is 7.34. The summed E-state index contributed by atoms with van der Waals surface area (Å²) in [5.41, 5.74) is 3.33. The molecule has 0 amide bonds. The van der Waals surface area contributed by atoms with Crippen molar-refractivity contribution in [1.82, 2.24) is 0 Å². The monoisotopic (exact) mass is 618 g/mol. The van der Waals surface area contributed by atoms with E-state index in [1.165, 1.54) is 76.3 Å². The van der Waals surface area contributed by atoms with Crippen LogP contribution in [0.4, 0.5) is 0 Å². The first-order valence-electron chi connectivity index (χ1n) is 13.0. The molecule has 0 radical (unpaired) electrons. The Morgan fingerprint density at radius 3 is 2.10 bits per heavy atom. The molecule has 0 saturated heterocycles. The van der Waals surface area contributed by atoms with E-state index in [-0.39, 0.29) is 16.7 Å². The van der Waals surface area contributed by atoms with Crippen LogP contribution in [0.15, 0.2) is 47.7 Å². The van der Waals surface area contributed by atoms with Crippen molar-refractivity contribution >= 4 is 78.2 Å². The Hall–Kier alpha value is -3.80. The summed E-state index contributed by atoms with van der Waals surface area (Å²) >= 11 is 8.94. The highest BCUT2D eigenvalue weighted by atomic mass is 32.1. The number of hydrogen-bond acceptors (Lipinski definition) is 8. The van der Waals surface area contributed by atoms with E-state index in [0.29, 0.717) is 0 Å². The Balaban J connectivity index is 1.30. The number of nitriles is 3. The molecule has 5 heterocycles. The molecule has 1 fully saturated rings. The minimum Gasteiger partial charge on any atom is -0.227 e. The molecular formula is C32H18N4S5. The number of rotatable bonds is 4. The summed E-state index contributed by atoms with van der Waals surface area (Å²) in [5.74, 6) is 0. The van der Waals surface area contributed by atoms with E-state index < -0.39 is 0 Å². The highest BCUT2D eigenvalue weighted by Gasteiger charge is 2.48. The lowest BCUT2D eigenvalue weighted by molar-refractivity contribution is 0.356. The predicted molar refractivity (Wildman–Crippen MR) is 173 cm³/mol. The molecule has 9 heteroatoms. The van der Waals surface area contributed by atoms with Gasteiger partial charge in [0, 0.05) is 49.8 Å². The predicted octanol–water partition coefficient (Wildman–Crippen LogP) is 10.9. The first-order valence-corrected chi connectivity index (χ1v) is 17.1. The van der Waals surface area contributed by atoms with E-state index in [1.54, 1.807) is 40.4 Å². The van der Waals surface area contributed by atoms with E-state index in [2.05, 4.69) is 29.1 Å². The van der Waals surface area contributed by atoms with Gasteiger partial charge in [-0.15, -0.1) is 56.7 Å². The zero-order chi connectivity index (χ0) is 28.1. The molecular weight excluding hydrogens is 601 g/mol. The summed E-state index contributed by atoms with van der Waals surface area (Å²) in [6.07, 6.45) is 9.45. The van der Waals surface area contributed by atoms with Gasteiger partial charge in [0.25, 0.3) is 5.70 Å². The lowest BCUT2D eigenvalue weighted by Crippen LogP contribution is -2.27. The van der Waals surface area contributed by atoms with Crippen molar-refractivity contribution in [1.29, 1.82) is 15.8 Å². The van der Waals surface area contributed by atoms with Crippen molar-refractivity contribution < 1.29 is 0 Å². The molecule has 0 N–H and O–H groups in total. The number of allylic oxidation sites excluding steroid dienone is 2. The Labute approximate surface area is 257 Å². The maximum Gasteiger partial charge on any atom is 0.263 e. The molecule has 2 aliphatic carbocycles. The Morgan fingerprint density at radius 2 is 1.44 bits per heavy atom. The van der Waals surface area contributed by atoms with Gasteiger partial charge < -0.3 is 0 Å². The Bertz CT molecular complexity index is 2060. The van der Waals surface area contributed by atoms with Gasteiger partial charge in [-0.25, -0.2) is 10.1 Å². The second-order valence-corrected chi connectivity index (χ2v) is 15.4. The van der Waals surface area contributed by atoms with Crippen LogP contribution >= 0.6 is 56.7 Å². The van der Waals surface area contributed by atoms with Crippen LogP contribution in [0, 0.1) is 40.6 Å². The van der Waals surface area contributed by atoms with Crippen molar-refractivity contribution in [2.45, 2.75) is 37.5 Å². The molecule has 5 aromatic rings. The molecule has 0 aliphatic heterocycles. The summed E-state index contributed by atoms with van der Waals surface area (Å²) in [6, 6.07) is 18.8. The lowest BCUT2D eigenvalue weighted by atomic mass is 9.68. The molecule has 41 heavy (non-hydrogen) atoms. The molecule has 7 rings (SSSR count). The molecule has 1 saturated carbocycles. The molecule has 0 unspecified atom stereocenters. The first-order chi connectivity index (χ1) is 20.1. The summed E-state index contributed by atoms with van der Waals surface area (Å²) in [6.45, 7) is 7.18. The van der Waals surface area contributed by atoms with Gasteiger partial charge in [0.1, 0.15) is 17.7 Å². The van der Waals surface area contributed by atoms with Gasteiger partial charge in [-0.05, 0) is 67.0 Å². The number of fused-ring (bicyclic) bond motifs is 7. The molecule has 1 spiro atoms. The van der Waals surface area contributed by atoms with Crippen LogP contribution in [-0.2, 0) is 5.41 Å². The van der Waals surface area contributed by atoms with Crippen molar-refractivity contribution in [3.63, 3.8) is 0 Å². The van der Waals surface area contributed by atoms with Crippen LogP contribution in [0.25, 0.3) is 55.7 Å². The van der Waals surface area contributed by atoms with Crippen LogP contribution in [0.1, 0.15) is 53.0 Å². The fraction of sp³-hybridized carbons (Fsp3) is 0.188. The molecule has 2 aliphatic rings. The second-order valence-electron chi connectivity index (χ2n) is 10.0. The smallest absolute Gasteiger partial charge is 0.227 e. The standard InChI is InChI=1S/C32H18N4S5/c1-36-19(17-35)12-21-6-8-23(38-21)25-13-22-29(39-25)31-28(32(22)9-3-2-4-10-32)30-27(41-31)14-26(40-30)24-7-5-20(37-24)11-18(15-33)16-34/h5-8,11-14H,2-4,9-10H2/b19-12+. The first kappa shape index (κ1) is 26.1. The average molecular weight is 619 g/mol.